The number of benzene rings is 2. The van der Waals surface area contributed by atoms with Crippen molar-refractivity contribution in [1.29, 1.82) is 0 Å². The van der Waals surface area contributed by atoms with Gasteiger partial charge in [-0.05, 0) is 22.3 Å². The van der Waals surface area contributed by atoms with Gasteiger partial charge in [0.15, 0.2) is 4.84 Å². The summed E-state index contributed by atoms with van der Waals surface area (Å²) in [5.74, 6) is -0.776. The van der Waals surface area contributed by atoms with Crippen molar-refractivity contribution in [2.24, 2.45) is 0 Å². The second-order valence-corrected chi connectivity index (χ2v) is 7.05. The number of halogens is 3. The SMILES string of the molecule is O=C(NC(CF)C(O)c1ccc(-c2ccc(C(O)CO)cc2)cc1)C(Cl)Cl. The Labute approximate surface area is 166 Å². The van der Waals surface area contributed by atoms with Crippen LogP contribution < -0.4 is 5.32 Å². The van der Waals surface area contributed by atoms with E-state index in [4.69, 9.17) is 28.3 Å². The largest absolute Gasteiger partial charge is 0.393 e. The van der Waals surface area contributed by atoms with Crippen LogP contribution in [0.2, 0.25) is 0 Å². The zero-order valence-corrected chi connectivity index (χ0v) is 15.7. The molecule has 2 aromatic rings. The number of carbonyl (C=O) groups excluding carboxylic acids is 1. The molecular weight excluding hydrogens is 396 g/mol. The van der Waals surface area contributed by atoms with E-state index in [1.165, 1.54) is 0 Å². The van der Waals surface area contributed by atoms with Crippen molar-refractivity contribution in [2.45, 2.75) is 23.1 Å². The number of aliphatic hydroxyl groups excluding tert-OH is 3. The van der Waals surface area contributed by atoms with Gasteiger partial charge < -0.3 is 20.6 Å². The summed E-state index contributed by atoms with van der Waals surface area (Å²) in [5.41, 5.74) is 2.74. The molecule has 0 aliphatic heterocycles. The summed E-state index contributed by atoms with van der Waals surface area (Å²) in [6.07, 6.45) is -2.19. The number of amides is 1. The Balaban J connectivity index is 2.12. The summed E-state index contributed by atoms with van der Waals surface area (Å²) >= 11 is 10.9. The van der Waals surface area contributed by atoms with Crippen LogP contribution in [0.1, 0.15) is 23.3 Å². The molecule has 0 heterocycles. The van der Waals surface area contributed by atoms with Crippen molar-refractivity contribution in [3.05, 3.63) is 59.7 Å². The monoisotopic (exact) mass is 415 g/mol. The van der Waals surface area contributed by atoms with Gasteiger partial charge in [-0.15, -0.1) is 0 Å². The van der Waals surface area contributed by atoms with Gasteiger partial charge in [0.25, 0.3) is 5.91 Å². The molecule has 8 heteroatoms. The molecule has 27 heavy (non-hydrogen) atoms. The predicted octanol–water partition coefficient (Wildman–Crippen LogP) is 2.67. The lowest BCUT2D eigenvalue weighted by atomic mass is 9.98. The molecule has 4 N–H and O–H groups in total. The van der Waals surface area contributed by atoms with E-state index >= 15 is 0 Å². The number of hydrogen-bond acceptors (Lipinski definition) is 4. The minimum atomic E-state index is -1.35. The molecule has 2 aromatic carbocycles. The highest BCUT2D eigenvalue weighted by Crippen LogP contribution is 2.25. The Bertz CT molecular complexity index is 740. The average Bonchev–Trinajstić information content (AvgIpc) is 2.70. The normalized spacial score (nSPS) is 14.6. The Hall–Kier alpha value is -1.70. The van der Waals surface area contributed by atoms with Gasteiger partial charge in [-0.3, -0.25) is 4.79 Å². The Morgan fingerprint density at radius 3 is 1.85 bits per heavy atom. The van der Waals surface area contributed by atoms with E-state index in [0.717, 1.165) is 11.1 Å². The summed E-state index contributed by atoms with van der Waals surface area (Å²) in [7, 11) is 0. The van der Waals surface area contributed by atoms with Gasteiger partial charge in [-0.25, -0.2) is 4.39 Å². The predicted molar refractivity (Wildman–Crippen MR) is 102 cm³/mol. The van der Waals surface area contributed by atoms with Gasteiger partial charge in [-0.1, -0.05) is 71.7 Å². The van der Waals surface area contributed by atoms with Crippen LogP contribution >= 0.6 is 23.2 Å². The maximum Gasteiger partial charge on any atom is 0.253 e. The maximum absolute atomic E-state index is 13.2. The zero-order chi connectivity index (χ0) is 20.0. The van der Waals surface area contributed by atoms with Crippen molar-refractivity contribution in [2.75, 3.05) is 13.3 Å². The van der Waals surface area contributed by atoms with Gasteiger partial charge in [0, 0.05) is 0 Å². The Morgan fingerprint density at radius 1 is 0.963 bits per heavy atom. The summed E-state index contributed by atoms with van der Waals surface area (Å²) < 4.78 is 13.2. The maximum atomic E-state index is 13.2. The topological polar surface area (TPSA) is 89.8 Å². The summed E-state index contributed by atoms with van der Waals surface area (Å²) in [4.78, 5) is 10.2. The van der Waals surface area contributed by atoms with Crippen LogP contribution in [0, 0.1) is 0 Å². The highest BCUT2D eigenvalue weighted by Gasteiger charge is 2.25. The molecule has 3 unspecified atom stereocenters. The van der Waals surface area contributed by atoms with Crippen LogP contribution in [0.15, 0.2) is 48.5 Å². The highest BCUT2D eigenvalue weighted by atomic mass is 35.5. The van der Waals surface area contributed by atoms with E-state index in [2.05, 4.69) is 5.32 Å². The minimum absolute atomic E-state index is 0.355. The fraction of sp³-hybridized carbons (Fsp3) is 0.316. The van der Waals surface area contributed by atoms with Crippen LogP contribution in [0.4, 0.5) is 4.39 Å². The standard InChI is InChI=1S/C19H20Cl2FNO4/c20-18(21)19(27)23-15(9-22)17(26)14-7-3-12(4-8-14)11-1-5-13(6-2-11)16(25)10-24/h1-8,15-18,24-26H,9-10H2,(H,23,27). The molecule has 5 nitrogen and oxygen atoms in total. The Kier molecular flexibility index (Phi) is 8.01. The molecule has 0 saturated carbocycles. The third-order valence-corrected chi connectivity index (χ3v) is 4.52. The second-order valence-electron chi connectivity index (χ2n) is 5.96. The van der Waals surface area contributed by atoms with Gasteiger partial charge >= 0.3 is 0 Å². The van der Waals surface area contributed by atoms with Crippen LogP contribution in [0.3, 0.4) is 0 Å². The first-order valence-corrected chi connectivity index (χ1v) is 9.06. The fourth-order valence-electron chi connectivity index (χ4n) is 2.56. The molecular formula is C19H20Cl2FNO4. The molecule has 0 radical (unpaired) electrons. The molecule has 0 saturated heterocycles. The van der Waals surface area contributed by atoms with Crippen molar-refractivity contribution >= 4 is 29.1 Å². The first kappa shape index (κ1) is 21.6. The summed E-state index contributed by atoms with van der Waals surface area (Å²) in [5, 5.41) is 31.1. The van der Waals surface area contributed by atoms with Crippen molar-refractivity contribution in [3.63, 3.8) is 0 Å². The van der Waals surface area contributed by atoms with E-state index in [1.807, 2.05) is 0 Å². The van der Waals surface area contributed by atoms with Gasteiger partial charge in [0.2, 0.25) is 0 Å². The number of aliphatic hydroxyl groups is 3. The molecule has 1 amide bonds. The fourth-order valence-corrected chi connectivity index (χ4v) is 2.68. The third kappa shape index (κ3) is 5.64. The number of hydrogen-bond donors (Lipinski definition) is 4. The smallest absolute Gasteiger partial charge is 0.253 e. The summed E-state index contributed by atoms with van der Waals surface area (Å²) in [6, 6.07) is 12.6. The number of alkyl halides is 3. The minimum Gasteiger partial charge on any atom is -0.393 e. The number of nitrogens with one attached hydrogen (secondary N) is 1. The first-order valence-electron chi connectivity index (χ1n) is 8.19. The van der Waals surface area contributed by atoms with Gasteiger partial charge in [0.05, 0.1) is 12.6 Å². The lowest BCUT2D eigenvalue weighted by Gasteiger charge is -2.22. The summed E-state index contributed by atoms with van der Waals surface area (Å²) in [6.45, 7) is -1.34. The zero-order valence-electron chi connectivity index (χ0n) is 14.2. The van der Waals surface area contributed by atoms with Crippen LogP contribution in [0.5, 0.6) is 0 Å². The second kappa shape index (κ2) is 10.0. The first-order chi connectivity index (χ1) is 12.9. The molecule has 0 fully saturated rings. The van der Waals surface area contributed by atoms with Crippen molar-refractivity contribution < 1.29 is 24.5 Å². The highest BCUT2D eigenvalue weighted by molar-refractivity contribution is 6.53. The molecule has 0 aliphatic carbocycles. The van der Waals surface area contributed by atoms with E-state index < -0.39 is 35.7 Å². The third-order valence-electron chi connectivity index (χ3n) is 4.13. The molecule has 0 aliphatic rings. The molecule has 146 valence electrons. The average molecular weight is 416 g/mol. The molecule has 0 bridgehead atoms. The number of rotatable bonds is 8. The van der Waals surface area contributed by atoms with Crippen molar-refractivity contribution in [3.8, 4) is 11.1 Å². The van der Waals surface area contributed by atoms with E-state index in [0.29, 0.717) is 11.1 Å². The van der Waals surface area contributed by atoms with E-state index in [-0.39, 0.29) is 6.61 Å². The Morgan fingerprint density at radius 2 is 1.44 bits per heavy atom. The molecule has 2 rings (SSSR count). The lowest BCUT2D eigenvalue weighted by Crippen LogP contribution is -2.43. The molecule has 0 spiro atoms. The van der Waals surface area contributed by atoms with Crippen LogP contribution in [0.25, 0.3) is 11.1 Å². The van der Waals surface area contributed by atoms with Crippen LogP contribution in [-0.2, 0) is 4.79 Å². The van der Waals surface area contributed by atoms with Crippen molar-refractivity contribution in [1.82, 2.24) is 5.32 Å². The van der Waals surface area contributed by atoms with Gasteiger partial charge in [-0.2, -0.15) is 0 Å². The lowest BCUT2D eigenvalue weighted by molar-refractivity contribution is -0.121. The van der Waals surface area contributed by atoms with E-state index in [1.54, 1.807) is 48.5 Å². The van der Waals surface area contributed by atoms with Gasteiger partial charge in [0.1, 0.15) is 18.9 Å². The van der Waals surface area contributed by atoms with Crippen LogP contribution in [-0.4, -0.2) is 45.4 Å². The van der Waals surface area contributed by atoms with E-state index in [9.17, 15) is 19.4 Å². The number of carbonyl (C=O) groups is 1. The quantitative estimate of drug-likeness (QED) is 0.499. The molecule has 3 atom stereocenters. The molecule has 0 aromatic heterocycles.